The zero-order chi connectivity index (χ0) is 16.1. The number of piperidine rings is 1. The van der Waals surface area contributed by atoms with Crippen LogP contribution >= 0.6 is 0 Å². The van der Waals surface area contributed by atoms with Gasteiger partial charge in [0.2, 0.25) is 0 Å². The number of hydrogen-bond donors (Lipinski definition) is 1. The minimum Gasteiger partial charge on any atom is -0.496 e. The van der Waals surface area contributed by atoms with Gasteiger partial charge in [0.05, 0.1) is 13.0 Å². The van der Waals surface area contributed by atoms with E-state index in [1.54, 1.807) is 24.1 Å². The van der Waals surface area contributed by atoms with Gasteiger partial charge in [0.15, 0.2) is 6.61 Å². The van der Waals surface area contributed by atoms with E-state index in [1.165, 1.54) is 0 Å². The molecule has 1 fully saturated rings. The predicted molar refractivity (Wildman–Crippen MR) is 80.2 cm³/mol. The van der Waals surface area contributed by atoms with Gasteiger partial charge in [-0.3, -0.25) is 9.59 Å². The molecule has 1 aliphatic rings. The third kappa shape index (κ3) is 3.90. The minimum absolute atomic E-state index is 0.0852. The van der Waals surface area contributed by atoms with Crippen LogP contribution in [0.3, 0.4) is 0 Å². The third-order valence-electron chi connectivity index (χ3n) is 3.85. The van der Waals surface area contributed by atoms with Crippen LogP contribution in [0, 0.1) is 12.8 Å². The smallest absolute Gasteiger partial charge is 0.308 e. The van der Waals surface area contributed by atoms with Crippen LogP contribution in [0.2, 0.25) is 0 Å². The highest BCUT2D eigenvalue weighted by Gasteiger charge is 2.28. The lowest BCUT2D eigenvalue weighted by Crippen LogP contribution is -2.44. The summed E-state index contributed by atoms with van der Waals surface area (Å²) in [6.07, 6.45) is 1.34. The number of rotatable bonds is 5. The first-order chi connectivity index (χ1) is 10.5. The predicted octanol–water partition coefficient (Wildman–Crippen LogP) is 1.71. The van der Waals surface area contributed by atoms with E-state index in [-0.39, 0.29) is 19.1 Å². The van der Waals surface area contributed by atoms with Crippen LogP contribution in [-0.4, -0.2) is 48.7 Å². The molecule has 1 aromatic carbocycles. The van der Waals surface area contributed by atoms with E-state index >= 15 is 0 Å². The van der Waals surface area contributed by atoms with Crippen LogP contribution in [0.1, 0.15) is 18.4 Å². The first-order valence-electron chi connectivity index (χ1n) is 7.29. The van der Waals surface area contributed by atoms with Crippen LogP contribution in [-0.2, 0) is 9.59 Å². The number of hydrogen-bond acceptors (Lipinski definition) is 4. The highest BCUT2D eigenvalue weighted by Crippen LogP contribution is 2.23. The molecule has 1 atom stereocenters. The van der Waals surface area contributed by atoms with Gasteiger partial charge < -0.3 is 19.5 Å². The molecule has 0 unspecified atom stereocenters. The first-order valence-corrected chi connectivity index (χ1v) is 7.29. The summed E-state index contributed by atoms with van der Waals surface area (Å²) in [5.74, 6) is -0.137. The summed E-state index contributed by atoms with van der Waals surface area (Å²) in [7, 11) is 1.60. The molecule has 0 aromatic heterocycles. The van der Waals surface area contributed by atoms with Crippen LogP contribution in [0.4, 0.5) is 0 Å². The van der Waals surface area contributed by atoms with E-state index in [0.717, 1.165) is 11.3 Å². The zero-order valence-corrected chi connectivity index (χ0v) is 12.9. The van der Waals surface area contributed by atoms with Crippen molar-refractivity contribution < 1.29 is 24.2 Å². The zero-order valence-electron chi connectivity index (χ0n) is 12.9. The quantitative estimate of drug-likeness (QED) is 0.896. The molecule has 0 radical (unpaired) electrons. The fourth-order valence-corrected chi connectivity index (χ4v) is 2.58. The molecule has 1 aliphatic heterocycles. The van der Waals surface area contributed by atoms with E-state index in [1.807, 2.05) is 13.0 Å². The summed E-state index contributed by atoms with van der Waals surface area (Å²) in [6.45, 7) is 2.67. The molecule has 0 spiro atoms. The van der Waals surface area contributed by atoms with Gasteiger partial charge in [0.25, 0.3) is 5.91 Å². The van der Waals surface area contributed by atoms with Gasteiger partial charge in [0.1, 0.15) is 11.5 Å². The number of carboxylic acid groups (broad SMARTS) is 1. The molecule has 0 bridgehead atoms. The molecule has 6 heteroatoms. The number of nitrogens with zero attached hydrogens (tertiary/aromatic N) is 1. The number of aryl methyl sites for hydroxylation is 1. The van der Waals surface area contributed by atoms with Crippen molar-refractivity contribution in [2.45, 2.75) is 19.8 Å². The van der Waals surface area contributed by atoms with Gasteiger partial charge >= 0.3 is 5.97 Å². The maximum atomic E-state index is 12.1. The Morgan fingerprint density at radius 1 is 1.41 bits per heavy atom. The Morgan fingerprint density at radius 3 is 2.82 bits per heavy atom. The Morgan fingerprint density at radius 2 is 2.18 bits per heavy atom. The topological polar surface area (TPSA) is 76.1 Å². The molecule has 22 heavy (non-hydrogen) atoms. The Hall–Kier alpha value is -2.24. The number of likely N-dealkylation sites (tertiary alicyclic amines) is 1. The molecule has 0 aliphatic carbocycles. The standard InChI is InChI=1S/C16H21NO5/c1-11-8-13(5-6-14(11)21-2)22-10-15(18)17-7-3-4-12(9-17)16(19)20/h5-6,8,12H,3-4,7,9-10H2,1-2H3,(H,19,20)/t12-/m0/s1. The van der Waals surface area contributed by atoms with Gasteiger partial charge in [0, 0.05) is 13.1 Å². The van der Waals surface area contributed by atoms with Crippen molar-refractivity contribution in [2.24, 2.45) is 5.92 Å². The van der Waals surface area contributed by atoms with Crippen LogP contribution in [0.15, 0.2) is 18.2 Å². The highest BCUT2D eigenvalue weighted by molar-refractivity contribution is 5.79. The summed E-state index contributed by atoms with van der Waals surface area (Å²) in [5.41, 5.74) is 0.927. The molecular weight excluding hydrogens is 286 g/mol. The Kier molecular flexibility index (Phi) is 5.25. The lowest BCUT2D eigenvalue weighted by Gasteiger charge is -2.30. The minimum atomic E-state index is -0.843. The van der Waals surface area contributed by atoms with Gasteiger partial charge in [-0.25, -0.2) is 0 Å². The molecule has 0 saturated carbocycles. The number of ether oxygens (including phenoxy) is 2. The van der Waals surface area contributed by atoms with Crippen molar-refractivity contribution in [3.8, 4) is 11.5 Å². The number of benzene rings is 1. The van der Waals surface area contributed by atoms with Gasteiger partial charge in [-0.2, -0.15) is 0 Å². The van der Waals surface area contributed by atoms with Crippen LogP contribution < -0.4 is 9.47 Å². The molecule has 120 valence electrons. The number of amides is 1. The highest BCUT2D eigenvalue weighted by atomic mass is 16.5. The van der Waals surface area contributed by atoms with Crippen LogP contribution in [0.25, 0.3) is 0 Å². The third-order valence-corrected chi connectivity index (χ3v) is 3.85. The Labute approximate surface area is 129 Å². The van der Waals surface area contributed by atoms with E-state index < -0.39 is 11.9 Å². The van der Waals surface area contributed by atoms with Crippen molar-refractivity contribution in [3.63, 3.8) is 0 Å². The summed E-state index contributed by atoms with van der Waals surface area (Å²) in [5, 5.41) is 9.04. The molecule has 6 nitrogen and oxygen atoms in total. The molecule has 1 heterocycles. The summed E-state index contributed by atoms with van der Waals surface area (Å²) in [4.78, 5) is 24.7. The van der Waals surface area contributed by atoms with Crippen LogP contribution in [0.5, 0.6) is 11.5 Å². The number of aliphatic carboxylic acids is 1. The monoisotopic (exact) mass is 307 g/mol. The maximum Gasteiger partial charge on any atom is 0.308 e. The van der Waals surface area contributed by atoms with Gasteiger partial charge in [-0.1, -0.05) is 0 Å². The SMILES string of the molecule is COc1ccc(OCC(=O)N2CCC[C@H](C(=O)O)C2)cc1C. The lowest BCUT2D eigenvalue weighted by atomic mass is 9.98. The second-order valence-corrected chi connectivity index (χ2v) is 5.44. The summed E-state index contributed by atoms with van der Waals surface area (Å²) < 4.78 is 10.7. The molecule has 2 rings (SSSR count). The fraction of sp³-hybridized carbons (Fsp3) is 0.500. The first kappa shape index (κ1) is 16.1. The lowest BCUT2D eigenvalue weighted by molar-refractivity contribution is -0.146. The summed E-state index contributed by atoms with van der Waals surface area (Å²) >= 11 is 0. The van der Waals surface area contributed by atoms with E-state index in [9.17, 15) is 9.59 Å². The van der Waals surface area contributed by atoms with Crippen molar-refractivity contribution in [2.75, 3.05) is 26.8 Å². The van der Waals surface area contributed by atoms with Crippen molar-refractivity contribution in [1.29, 1.82) is 0 Å². The number of methoxy groups -OCH3 is 1. The average Bonchev–Trinajstić information content (AvgIpc) is 2.52. The van der Waals surface area contributed by atoms with Crippen molar-refractivity contribution in [1.82, 2.24) is 4.90 Å². The molecule has 1 N–H and O–H groups in total. The molecule has 1 aromatic rings. The number of carbonyl (C=O) groups is 2. The fourth-order valence-electron chi connectivity index (χ4n) is 2.58. The number of carbonyl (C=O) groups excluding carboxylic acids is 1. The second-order valence-electron chi connectivity index (χ2n) is 5.44. The van der Waals surface area contributed by atoms with Crippen molar-refractivity contribution in [3.05, 3.63) is 23.8 Å². The maximum absolute atomic E-state index is 12.1. The Bertz CT molecular complexity index is 557. The van der Waals surface area contributed by atoms with Gasteiger partial charge in [-0.05, 0) is 43.5 Å². The number of carboxylic acids is 1. The van der Waals surface area contributed by atoms with Crippen molar-refractivity contribution >= 4 is 11.9 Å². The summed E-state index contributed by atoms with van der Waals surface area (Å²) in [6, 6.07) is 5.34. The van der Waals surface area contributed by atoms with E-state index in [0.29, 0.717) is 25.1 Å². The largest absolute Gasteiger partial charge is 0.496 e. The molecule has 1 saturated heterocycles. The molecule has 1 amide bonds. The van der Waals surface area contributed by atoms with Gasteiger partial charge in [-0.15, -0.1) is 0 Å². The second kappa shape index (κ2) is 7.15. The van der Waals surface area contributed by atoms with E-state index in [4.69, 9.17) is 14.6 Å². The Balaban J connectivity index is 1.89. The average molecular weight is 307 g/mol. The van der Waals surface area contributed by atoms with E-state index in [2.05, 4.69) is 0 Å². The molecular formula is C16H21NO5. The normalized spacial score (nSPS) is 17.9.